The molecule has 0 aliphatic rings. The van der Waals surface area contributed by atoms with Crippen LogP contribution in [0, 0.1) is 16.4 Å². The van der Waals surface area contributed by atoms with Gasteiger partial charge in [0.1, 0.15) is 11.5 Å². The number of rotatable bonds is 0. The Labute approximate surface area is 87.9 Å². The first kappa shape index (κ1) is 8.74. The number of imidazole rings is 1. The number of nitrogen functional groups attached to an aromatic ring is 1. The van der Waals surface area contributed by atoms with E-state index in [1.165, 1.54) is 4.40 Å². The van der Waals surface area contributed by atoms with E-state index in [-0.39, 0.29) is 5.95 Å². The van der Waals surface area contributed by atoms with Crippen LogP contribution in [0.1, 0.15) is 5.69 Å². The molecule has 2 rings (SSSR count). The van der Waals surface area contributed by atoms with Gasteiger partial charge in [-0.1, -0.05) is 0 Å². The van der Waals surface area contributed by atoms with Crippen LogP contribution in [0.15, 0.2) is 12.1 Å². The van der Waals surface area contributed by atoms with E-state index in [4.69, 9.17) is 5.73 Å². The Morgan fingerprint density at radius 3 is 2.92 bits per heavy atom. The predicted octanol–water partition coefficient (Wildman–Crippen LogP) is 1.97. The summed E-state index contributed by atoms with van der Waals surface area (Å²) in [5.74, 6) is 0.0159. The molecule has 68 valence electrons. The molecule has 2 aromatic heterocycles. The van der Waals surface area contributed by atoms with Crippen molar-refractivity contribution >= 4 is 34.1 Å². The van der Waals surface area contributed by atoms with Crippen LogP contribution in [0.4, 0.5) is 10.2 Å². The van der Waals surface area contributed by atoms with Gasteiger partial charge < -0.3 is 5.73 Å². The zero-order chi connectivity index (χ0) is 9.59. The summed E-state index contributed by atoms with van der Waals surface area (Å²) in [5, 5.41) is 0. The average Bonchev–Trinajstić information content (AvgIpc) is 2.37. The van der Waals surface area contributed by atoms with Gasteiger partial charge in [-0.05, 0) is 41.6 Å². The van der Waals surface area contributed by atoms with Crippen molar-refractivity contribution in [1.82, 2.24) is 9.38 Å². The fraction of sp³-hybridized carbons (Fsp3) is 0.125. The molecule has 2 aromatic rings. The van der Waals surface area contributed by atoms with Crippen molar-refractivity contribution in [2.75, 3.05) is 5.73 Å². The molecule has 0 bridgehead atoms. The SMILES string of the molecule is Cc1nc2ccc(I)c(F)n2c1N. The monoisotopic (exact) mass is 291 g/mol. The van der Waals surface area contributed by atoms with Gasteiger partial charge in [0.2, 0.25) is 5.95 Å². The van der Waals surface area contributed by atoms with Crippen molar-refractivity contribution < 1.29 is 4.39 Å². The minimum absolute atomic E-state index is 0.351. The first-order valence-corrected chi connectivity index (χ1v) is 4.77. The van der Waals surface area contributed by atoms with Gasteiger partial charge in [0.05, 0.1) is 9.26 Å². The van der Waals surface area contributed by atoms with Gasteiger partial charge in [0.15, 0.2) is 0 Å². The molecular formula is C8H7FIN3. The van der Waals surface area contributed by atoms with E-state index < -0.39 is 0 Å². The Balaban J connectivity index is 2.97. The largest absolute Gasteiger partial charge is 0.383 e. The van der Waals surface area contributed by atoms with Crippen LogP contribution in [0.5, 0.6) is 0 Å². The van der Waals surface area contributed by atoms with E-state index in [9.17, 15) is 4.39 Å². The Morgan fingerprint density at radius 1 is 1.54 bits per heavy atom. The number of nitrogens with zero attached hydrogens (tertiary/aromatic N) is 2. The molecule has 0 aliphatic heterocycles. The van der Waals surface area contributed by atoms with Crippen molar-refractivity contribution in [3.05, 3.63) is 27.3 Å². The molecule has 2 N–H and O–H groups in total. The summed E-state index contributed by atoms with van der Waals surface area (Å²) in [6.45, 7) is 1.76. The molecule has 0 aromatic carbocycles. The smallest absolute Gasteiger partial charge is 0.214 e. The standard InChI is InChI=1S/C8H7FIN3/c1-4-8(11)13-6(12-4)3-2-5(10)7(13)9/h2-3H,11H2,1H3. The number of aromatic nitrogens is 2. The number of aryl methyl sites for hydroxylation is 1. The fourth-order valence-electron chi connectivity index (χ4n) is 1.21. The number of pyridine rings is 1. The fourth-order valence-corrected chi connectivity index (χ4v) is 1.63. The molecular weight excluding hydrogens is 284 g/mol. The van der Waals surface area contributed by atoms with E-state index in [2.05, 4.69) is 4.98 Å². The van der Waals surface area contributed by atoms with E-state index in [0.29, 0.717) is 20.7 Å². The maximum absolute atomic E-state index is 13.5. The molecule has 2 heterocycles. The van der Waals surface area contributed by atoms with Gasteiger partial charge in [0, 0.05) is 0 Å². The maximum atomic E-state index is 13.5. The molecule has 0 saturated carbocycles. The van der Waals surface area contributed by atoms with Crippen LogP contribution in [0.25, 0.3) is 5.65 Å². The van der Waals surface area contributed by atoms with Crippen LogP contribution in [-0.4, -0.2) is 9.38 Å². The molecule has 5 heteroatoms. The Kier molecular flexibility index (Phi) is 1.90. The van der Waals surface area contributed by atoms with Crippen LogP contribution in [0.2, 0.25) is 0 Å². The third kappa shape index (κ3) is 1.18. The Bertz CT molecular complexity index is 478. The molecule has 3 nitrogen and oxygen atoms in total. The van der Waals surface area contributed by atoms with Crippen molar-refractivity contribution in [2.45, 2.75) is 6.92 Å². The third-order valence-electron chi connectivity index (χ3n) is 1.90. The first-order chi connectivity index (χ1) is 6.11. The molecule has 0 spiro atoms. The van der Waals surface area contributed by atoms with E-state index in [0.717, 1.165) is 0 Å². The molecule has 0 saturated heterocycles. The van der Waals surface area contributed by atoms with E-state index in [1.54, 1.807) is 19.1 Å². The maximum Gasteiger partial charge on any atom is 0.214 e. The topological polar surface area (TPSA) is 43.3 Å². The lowest BCUT2D eigenvalue weighted by molar-refractivity contribution is 0.562. The quantitative estimate of drug-likeness (QED) is 0.595. The highest BCUT2D eigenvalue weighted by atomic mass is 127. The van der Waals surface area contributed by atoms with Gasteiger partial charge in [-0.2, -0.15) is 4.39 Å². The first-order valence-electron chi connectivity index (χ1n) is 3.70. The minimum Gasteiger partial charge on any atom is -0.383 e. The number of fused-ring (bicyclic) bond motifs is 1. The molecule has 0 amide bonds. The second-order valence-corrected chi connectivity index (χ2v) is 3.91. The average molecular weight is 291 g/mol. The zero-order valence-electron chi connectivity index (χ0n) is 6.88. The summed E-state index contributed by atoms with van der Waals surface area (Å²) in [5.41, 5.74) is 6.87. The Morgan fingerprint density at radius 2 is 2.23 bits per heavy atom. The molecule has 13 heavy (non-hydrogen) atoms. The molecule has 0 atom stereocenters. The second kappa shape index (κ2) is 2.83. The van der Waals surface area contributed by atoms with Gasteiger partial charge in [-0.25, -0.2) is 4.98 Å². The van der Waals surface area contributed by atoms with Gasteiger partial charge in [-0.3, -0.25) is 4.40 Å². The summed E-state index contributed by atoms with van der Waals surface area (Å²) in [6.07, 6.45) is 0. The highest BCUT2D eigenvalue weighted by molar-refractivity contribution is 14.1. The highest BCUT2D eigenvalue weighted by Crippen LogP contribution is 2.19. The van der Waals surface area contributed by atoms with Crippen molar-refractivity contribution in [3.8, 4) is 0 Å². The zero-order valence-corrected chi connectivity index (χ0v) is 9.04. The normalized spacial score (nSPS) is 11.0. The van der Waals surface area contributed by atoms with Crippen molar-refractivity contribution in [2.24, 2.45) is 0 Å². The number of anilines is 1. The number of hydrogen-bond acceptors (Lipinski definition) is 2. The second-order valence-electron chi connectivity index (χ2n) is 2.75. The summed E-state index contributed by atoms with van der Waals surface area (Å²) >= 11 is 1.92. The van der Waals surface area contributed by atoms with E-state index >= 15 is 0 Å². The van der Waals surface area contributed by atoms with Crippen LogP contribution >= 0.6 is 22.6 Å². The lowest BCUT2D eigenvalue weighted by Crippen LogP contribution is -2.00. The minimum atomic E-state index is -0.351. The number of halogens is 2. The lowest BCUT2D eigenvalue weighted by atomic mass is 10.4. The number of hydrogen-bond donors (Lipinski definition) is 1. The van der Waals surface area contributed by atoms with Gasteiger partial charge in [-0.15, -0.1) is 0 Å². The van der Waals surface area contributed by atoms with Crippen LogP contribution < -0.4 is 5.73 Å². The molecule has 0 unspecified atom stereocenters. The van der Waals surface area contributed by atoms with Crippen molar-refractivity contribution in [3.63, 3.8) is 0 Å². The molecule has 0 radical (unpaired) electrons. The summed E-state index contributed by atoms with van der Waals surface area (Å²) < 4.78 is 15.4. The predicted molar refractivity (Wildman–Crippen MR) is 57.0 cm³/mol. The van der Waals surface area contributed by atoms with Crippen molar-refractivity contribution in [1.29, 1.82) is 0 Å². The summed E-state index contributed by atoms with van der Waals surface area (Å²) in [4.78, 5) is 4.11. The third-order valence-corrected chi connectivity index (χ3v) is 2.70. The lowest BCUT2D eigenvalue weighted by Gasteiger charge is -1.99. The van der Waals surface area contributed by atoms with Crippen LogP contribution in [0.3, 0.4) is 0 Å². The van der Waals surface area contributed by atoms with Gasteiger partial charge >= 0.3 is 0 Å². The molecule has 0 fully saturated rings. The van der Waals surface area contributed by atoms with E-state index in [1.807, 2.05) is 22.6 Å². The van der Waals surface area contributed by atoms with Gasteiger partial charge in [0.25, 0.3) is 0 Å². The Hall–Kier alpha value is -0.850. The summed E-state index contributed by atoms with van der Waals surface area (Å²) in [6, 6.07) is 3.42. The highest BCUT2D eigenvalue weighted by Gasteiger charge is 2.10. The molecule has 0 aliphatic carbocycles. The van der Waals surface area contributed by atoms with Crippen LogP contribution in [-0.2, 0) is 0 Å². The number of nitrogens with two attached hydrogens (primary N) is 1. The summed E-state index contributed by atoms with van der Waals surface area (Å²) in [7, 11) is 0.